The van der Waals surface area contributed by atoms with Gasteiger partial charge in [0.1, 0.15) is 0 Å². The lowest BCUT2D eigenvalue weighted by Gasteiger charge is -2.28. The minimum absolute atomic E-state index is 0.00539. The quantitative estimate of drug-likeness (QED) is 0.847. The first-order valence-corrected chi connectivity index (χ1v) is 10.4. The van der Waals surface area contributed by atoms with Crippen LogP contribution >= 0.6 is 11.6 Å². The molecule has 4 rings (SSSR count). The lowest BCUT2D eigenvalue weighted by atomic mass is 9.89. The molecule has 1 aromatic heterocycles. The minimum Gasteiger partial charge on any atom is -0.334 e. The standard InChI is InChI=1S/C21H27ClN4O/c1-2-3-12-25-13-14-26-18(19(22)24-20(26)21(25)27)17-6-4-15(5-7-17)16-8-10-23-11-9-16/h4-7,16,23H,2-3,8-14H2,1H3. The van der Waals surface area contributed by atoms with E-state index in [9.17, 15) is 4.79 Å². The van der Waals surface area contributed by atoms with Crippen LogP contribution in [0, 0.1) is 0 Å². The van der Waals surface area contributed by atoms with E-state index in [0.29, 0.717) is 16.9 Å². The van der Waals surface area contributed by atoms with E-state index in [1.807, 2.05) is 9.47 Å². The molecule has 1 saturated heterocycles. The molecule has 0 saturated carbocycles. The van der Waals surface area contributed by atoms with Crippen molar-refractivity contribution in [3.05, 3.63) is 40.8 Å². The molecular weight excluding hydrogens is 360 g/mol. The fourth-order valence-electron chi connectivity index (χ4n) is 4.17. The van der Waals surface area contributed by atoms with Crippen LogP contribution in [0.4, 0.5) is 0 Å². The van der Waals surface area contributed by atoms with Crippen molar-refractivity contribution in [1.82, 2.24) is 19.8 Å². The van der Waals surface area contributed by atoms with Crippen molar-refractivity contribution >= 4 is 17.5 Å². The summed E-state index contributed by atoms with van der Waals surface area (Å²) >= 11 is 6.46. The molecule has 1 N–H and O–H groups in total. The molecule has 2 aliphatic heterocycles. The maximum Gasteiger partial charge on any atom is 0.289 e. The minimum atomic E-state index is -0.00539. The molecule has 2 aliphatic rings. The highest BCUT2D eigenvalue weighted by molar-refractivity contribution is 6.32. The maximum absolute atomic E-state index is 12.8. The molecule has 0 radical (unpaired) electrons. The monoisotopic (exact) mass is 386 g/mol. The van der Waals surface area contributed by atoms with Crippen LogP contribution in [0.2, 0.25) is 5.15 Å². The summed E-state index contributed by atoms with van der Waals surface area (Å²) in [6, 6.07) is 8.67. The number of halogens is 1. The summed E-state index contributed by atoms with van der Waals surface area (Å²) in [5, 5.41) is 3.84. The number of nitrogens with zero attached hydrogens (tertiary/aromatic N) is 3. The number of nitrogens with one attached hydrogen (secondary N) is 1. The highest BCUT2D eigenvalue weighted by atomic mass is 35.5. The van der Waals surface area contributed by atoms with Crippen LogP contribution in [0.5, 0.6) is 0 Å². The third-order valence-corrected chi connectivity index (χ3v) is 6.04. The van der Waals surface area contributed by atoms with Gasteiger partial charge in [-0.25, -0.2) is 4.98 Å². The van der Waals surface area contributed by atoms with Crippen molar-refractivity contribution in [3.63, 3.8) is 0 Å². The van der Waals surface area contributed by atoms with Gasteiger partial charge in [-0.3, -0.25) is 4.79 Å². The number of unbranched alkanes of at least 4 members (excludes halogenated alkanes) is 1. The summed E-state index contributed by atoms with van der Waals surface area (Å²) in [6.45, 7) is 6.57. The number of benzene rings is 1. The van der Waals surface area contributed by atoms with Gasteiger partial charge < -0.3 is 14.8 Å². The Balaban J connectivity index is 1.59. The highest BCUT2D eigenvalue weighted by Gasteiger charge is 2.30. The molecule has 0 atom stereocenters. The smallest absolute Gasteiger partial charge is 0.289 e. The molecule has 1 amide bonds. The fourth-order valence-corrected chi connectivity index (χ4v) is 4.47. The average Bonchev–Trinajstić information content (AvgIpc) is 3.05. The number of hydrogen-bond donors (Lipinski definition) is 1. The van der Waals surface area contributed by atoms with Crippen molar-refractivity contribution in [2.45, 2.75) is 45.1 Å². The Labute approximate surface area is 165 Å². The lowest BCUT2D eigenvalue weighted by Crippen LogP contribution is -2.41. The van der Waals surface area contributed by atoms with Crippen molar-refractivity contribution in [2.75, 3.05) is 26.2 Å². The molecule has 0 unspecified atom stereocenters. The predicted molar refractivity (Wildman–Crippen MR) is 108 cm³/mol. The van der Waals surface area contributed by atoms with Gasteiger partial charge in [0.15, 0.2) is 5.15 Å². The molecule has 6 heteroatoms. The Hall–Kier alpha value is -1.85. The van der Waals surface area contributed by atoms with Gasteiger partial charge in [0.25, 0.3) is 5.91 Å². The average molecular weight is 387 g/mol. The summed E-state index contributed by atoms with van der Waals surface area (Å²) in [4.78, 5) is 19.1. The van der Waals surface area contributed by atoms with Crippen LogP contribution in [-0.4, -0.2) is 46.5 Å². The van der Waals surface area contributed by atoms with Crippen LogP contribution in [-0.2, 0) is 6.54 Å². The van der Waals surface area contributed by atoms with Crippen LogP contribution in [0.3, 0.4) is 0 Å². The molecule has 27 heavy (non-hydrogen) atoms. The van der Waals surface area contributed by atoms with E-state index in [4.69, 9.17) is 11.6 Å². The highest BCUT2D eigenvalue weighted by Crippen LogP contribution is 2.33. The van der Waals surface area contributed by atoms with Crippen molar-refractivity contribution in [1.29, 1.82) is 0 Å². The van der Waals surface area contributed by atoms with Crippen LogP contribution < -0.4 is 5.32 Å². The van der Waals surface area contributed by atoms with Gasteiger partial charge in [-0.2, -0.15) is 0 Å². The van der Waals surface area contributed by atoms with Gasteiger partial charge in [0.2, 0.25) is 5.82 Å². The molecule has 0 spiro atoms. The third-order valence-electron chi connectivity index (χ3n) is 5.77. The molecule has 0 aliphatic carbocycles. The number of amides is 1. The second-order valence-electron chi connectivity index (χ2n) is 7.52. The molecule has 1 aromatic carbocycles. The van der Waals surface area contributed by atoms with Crippen LogP contribution in [0.1, 0.15) is 54.7 Å². The largest absolute Gasteiger partial charge is 0.334 e. The Morgan fingerprint density at radius 1 is 1.19 bits per heavy atom. The number of aromatic nitrogens is 2. The third kappa shape index (κ3) is 3.63. The second kappa shape index (κ2) is 8.03. The number of imidazole rings is 1. The normalized spacial score (nSPS) is 18.0. The van der Waals surface area contributed by atoms with Gasteiger partial charge in [0.05, 0.1) is 5.69 Å². The summed E-state index contributed by atoms with van der Waals surface area (Å²) in [7, 11) is 0. The first-order chi connectivity index (χ1) is 13.2. The summed E-state index contributed by atoms with van der Waals surface area (Å²) < 4.78 is 1.99. The molecule has 144 valence electrons. The first kappa shape index (κ1) is 18.5. The molecule has 5 nitrogen and oxygen atoms in total. The molecule has 0 bridgehead atoms. The SMILES string of the molecule is CCCCN1CCn2c(nc(Cl)c2-c2ccc(C3CCNCC3)cc2)C1=O. The number of piperidine rings is 1. The first-order valence-electron chi connectivity index (χ1n) is 10.1. The number of carbonyl (C=O) groups excluding carboxylic acids is 1. The Bertz CT molecular complexity index is 808. The number of hydrogen-bond acceptors (Lipinski definition) is 3. The molecule has 3 heterocycles. The van der Waals surface area contributed by atoms with Crippen LogP contribution in [0.25, 0.3) is 11.3 Å². The van der Waals surface area contributed by atoms with E-state index in [0.717, 1.165) is 56.8 Å². The summed E-state index contributed by atoms with van der Waals surface area (Å²) in [6.07, 6.45) is 4.47. The van der Waals surface area contributed by atoms with E-state index in [1.54, 1.807) is 0 Å². The zero-order valence-electron chi connectivity index (χ0n) is 15.9. The van der Waals surface area contributed by atoms with Crippen molar-refractivity contribution in [3.8, 4) is 11.3 Å². The number of rotatable bonds is 5. The Morgan fingerprint density at radius 3 is 2.63 bits per heavy atom. The second-order valence-corrected chi connectivity index (χ2v) is 7.88. The van der Waals surface area contributed by atoms with E-state index in [1.165, 1.54) is 18.4 Å². The van der Waals surface area contributed by atoms with Gasteiger partial charge >= 0.3 is 0 Å². The topological polar surface area (TPSA) is 50.2 Å². The Morgan fingerprint density at radius 2 is 1.93 bits per heavy atom. The van der Waals surface area contributed by atoms with Gasteiger partial charge in [0, 0.05) is 25.2 Å². The van der Waals surface area contributed by atoms with Crippen molar-refractivity contribution in [2.24, 2.45) is 0 Å². The van der Waals surface area contributed by atoms with E-state index < -0.39 is 0 Å². The lowest BCUT2D eigenvalue weighted by molar-refractivity contribution is 0.0695. The number of fused-ring (bicyclic) bond motifs is 1. The zero-order chi connectivity index (χ0) is 18.8. The van der Waals surface area contributed by atoms with Gasteiger partial charge in [-0.15, -0.1) is 0 Å². The van der Waals surface area contributed by atoms with E-state index in [2.05, 4.69) is 41.5 Å². The fraction of sp³-hybridized carbons (Fsp3) is 0.524. The van der Waals surface area contributed by atoms with Crippen molar-refractivity contribution < 1.29 is 4.79 Å². The maximum atomic E-state index is 12.8. The molecule has 2 aromatic rings. The Kier molecular flexibility index (Phi) is 5.50. The number of carbonyl (C=O) groups is 1. The van der Waals surface area contributed by atoms with E-state index in [-0.39, 0.29) is 5.91 Å². The van der Waals surface area contributed by atoms with Crippen LogP contribution in [0.15, 0.2) is 24.3 Å². The van der Waals surface area contributed by atoms with E-state index >= 15 is 0 Å². The summed E-state index contributed by atoms with van der Waals surface area (Å²) in [5.74, 6) is 1.10. The van der Waals surface area contributed by atoms with Gasteiger partial charge in [-0.05, 0) is 43.8 Å². The zero-order valence-corrected chi connectivity index (χ0v) is 16.6. The predicted octanol–water partition coefficient (Wildman–Crippen LogP) is 3.93. The summed E-state index contributed by atoms with van der Waals surface area (Å²) in [5.41, 5.74) is 3.29. The molecular formula is C21H27ClN4O. The molecule has 1 fully saturated rings. The van der Waals surface area contributed by atoms with Gasteiger partial charge in [-0.1, -0.05) is 49.2 Å².